The lowest BCUT2D eigenvalue weighted by atomic mass is 10.1. The highest BCUT2D eigenvalue weighted by molar-refractivity contribution is 5.92. The number of nitriles is 1. The van der Waals surface area contributed by atoms with Crippen molar-refractivity contribution in [2.24, 2.45) is 0 Å². The molecule has 1 N–H and O–H groups in total. The van der Waals surface area contributed by atoms with Crippen LogP contribution in [0.2, 0.25) is 0 Å². The van der Waals surface area contributed by atoms with Crippen molar-refractivity contribution in [1.29, 1.82) is 5.26 Å². The largest absolute Gasteiger partial charge is 0.416 e. The first-order chi connectivity index (χ1) is 10.4. The first kappa shape index (κ1) is 15.6. The van der Waals surface area contributed by atoms with E-state index >= 15 is 0 Å². The third-order valence-electron chi connectivity index (χ3n) is 2.92. The van der Waals surface area contributed by atoms with Crippen LogP contribution >= 0.6 is 0 Å². The minimum atomic E-state index is -4.39. The minimum absolute atomic E-state index is 0.0467. The summed E-state index contributed by atoms with van der Waals surface area (Å²) in [6.45, 7) is 0. The number of benzene rings is 2. The smallest absolute Gasteiger partial charge is 0.326 e. The molecule has 0 aliphatic heterocycles. The highest BCUT2D eigenvalue weighted by Gasteiger charge is 2.29. The molecule has 0 saturated carbocycles. The Bertz CT molecular complexity index is 715. The minimum Gasteiger partial charge on any atom is -0.326 e. The van der Waals surface area contributed by atoms with E-state index in [4.69, 9.17) is 5.26 Å². The predicted molar refractivity (Wildman–Crippen MR) is 74.9 cm³/mol. The van der Waals surface area contributed by atoms with Crippen molar-refractivity contribution < 1.29 is 18.0 Å². The van der Waals surface area contributed by atoms with Gasteiger partial charge in [-0.05, 0) is 35.9 Å². The lowest BCUT2D eigenvalue weighted by molar-refractivity contribution is -0.137. The molecule has 0 atom stereocenters. The van der Waals surface area contributed by atoms with E-state index in [1.807, 2.05) is 6.07 Å². The molecule has 2 aromatic rings. The van der Waals surface area contributed by atoms with Gasteiger partial charge in [-0.3, -0.25) is 4.79 Å². The van der Waals surface area contributed by atoms with E-state index in [0.717, 1.165) is 12.1 Å². The maximum atomic E-state index is 12.4. The summed E-state index contributed by atoms with van der Waals surface area (Å²) in [6, 6.07) is 12.8. The molecule has 0 bridgehead atoms. The van der Waals surface area contributed by atoms with E-state index in [1.54, 1.807) is 18.2 Å². The molecule has 2 aromatic carbocycles. The molecule has 0 saturated heterocycles. The van der Waals surface area contributed by atoms with E-state index in [-0.39, 0.29) is 12.3 Å². The van der Waals surface area contributed by atoms with Gasteiger partial charge >= 0.3 is 6.18 Å². The number of hydrogen-bond donors (Lipinski definition) is 1. The second kappa shape index (κ2) is 6.31. The standard InChI is InChI=1S/C16H11F3N2O/c17-16(18,19)13-6-4-11(5-7-13)9-15(22)21-14-3-1-2-12(8-14)10-20/h1-8H,9H2,(H,21,22). The highest BCUT2D eigenvalue weighted by atomic mass is 19.4. The molecule has 0 aliphatic rings. The van der Waals surface area contributed by atoms with Crippen molar-refractivity contribution in [2.75, 3.05) is 5.32 Å². The van der Waals surface area contributed by atoms with Gasteiger partial charge in [-0.15, -0.1) is 0 Å². The van der Waals surface area contributed by atoms with Crippen molar-refractivity contribution in [1.82, 2.24) is 0 Å². The summed E-state index contributed by atoms with van der Waals surface area (Å²) in [7, 11) is 0. The number of alkyl halides is 3. The number of nitrogens with one attached hydrogen (secondary N) is 1. The van der Waals surface area contributed by atoms with E-state index in [9.17, 15) is 18.0 Å². The van der Waals surface area contributed by atoms with E-state index in [2.05, 4.69) is 5.32 Å². The van der Waals surface area contributed by atoms with Crippen LogP contribution in [0.25, 0.3) is 0 Å². The highest BCUT2D eigenvalue weighted by Crippen LogP contribution is 2.29. The van der Waals surface area contributed by atoms with Crippen molar-refractivity contribution in [3.05, 3.63) is 65.2 Å². The maximum absolute atomic E-state index is 12.4. The van der Waals surface area contributed by atoms with Gasteiger partial charge in [-0.1, -0.05) is 18.2 Å². The molecular formula is C16H11F3N2O. The van der Waals surface area contributed by atoms with Crippen LogP contribution < -0.4 is 5.32 Å². The van der Waals surface area contributed by atoms with Gasteiger partial charge in [-0.2, -0.15) is 18.4 Å². The van der Waals surface area contributed by atoms with Gasteiger partial charge in [0.15, 0.2) is 0 Å². The molecule has 0 unspecified atom stereocenters. The molecular weight excluding hydrogens is 293 g/mol. The zero-order chi connectivity index (χ0) is 16.2. The number of halogens is 3. The van der Waals surface area contributed by atoms with Crippen LogP contribution in [0.5, 0.6) is 0 Å². The van der Waals surface area contributed by atoms with Gasteiger partial charge in [0.25, 0.3) is 0 Å². The van der Waals surface area contributed by atoms with Gasteiger partial charge in [0.05, 0.1) is 23.6 Å². The molecule has 1 amide bonds. The average Bonchev–Trinajstić information content (AvgIpc) is 2.47. The molecule has 6 heteroatoms. The molecule has 22 heavy (non-hydrogen) atoms. The Hall–Kier alpha value is -2.81. The van der Waals surface area contributed by atoms with E-state index < -0.39 is 11.7 Å². The zero-order valence-corrected chi connectivity index (χ0v) is 11.3. The topological polar surface area (TPSA) is 52.9 Å². The SMILES string of the molecule is N#Cc1cccc(NC(=O)Cc2ccc(C(F)(F)F)cc2)c1. The lowest BCUT2D eigenvalue weighted by Gasteiger charge is -2.08. The second-order valence-electron chi connectivity index (χ2n) is 4.61. The first-order valence-corrected chi connectivity index (χ1v) is 6.34. The van der Waals surface area contributed by atoms with E-state index in [0.29, 0.717) is 16.8 Å². The molecule has 0 spiro atoms. The van der Waals surface area contributed by atoms with E-state index in [1.165, 1.54) is 18.2 Å². The fourth-order valence-corrected chi connectivity index (χ4v) is 1.87. The van der Waals surface area contributed by atoms with Gasteiger partial charge < -0.3 is 5.32 Å². The quantitative estimate of drug-likeness (QED) is 0.938. The Labute approximate surface area is 125 Å². The van der Waals surface area contributed by atoms with Crippen LogP contribution in [0.1, 0.15) is 16.7 Å². The van der Waals surface area contributed by atoms with Crippen molar-refractivity contribution in [3.63, 3.8) is 0 Å². The summed E-state index contributed by atoms with van der Waals surface area (Å²) in [5.41, 5.74) is 0.601. The number of nitrogens with zero attached hydrogens (tertiary/aromatic N) is 1. The first-order valence-electron chi connectivity index (χ1n) is 6.34. The number of hydrogen-bond acceptors (Lipinski definition) is 2. The molecule has 112 valence electrons. The van der Waals surface area contributed by atoms with Gasteiger partial charge in [0.1, 0.15) is 0 Å². The number of amides is 1. The Kier molecular flexibility index (Phi) is 4.47. The number of anilines is 1. The van der Waals surface area contributed by atoms with Gasteiger partial charge in [-0.25, -0.2) is 0 Å². The van der Waals surface area contributed by atoms with Crippen LogP contribution in [0.4, 0.5) is 18.9 Å². The number of carbonyl (C=O) groups is 1. The van der Waals surface area contributed by atoms with Gasteiger partial charge in [0.2, 0.25) is 5.91 Å². The van der Waals surface area contributed by atoms with Crippen molar-refractivity contribution in [2.45, 2.75) is 12.6 Å². The Morgan fingerprint density at radius 1 is 1.14 bits per heavy atom. The molecule has 0 radical (unpaired) electrons. The third-order valence-corrected chi connectivity index (χ3v) is 2.92. The summed E-state index contributed by atoms with van der Waals surface area (Å²) in [4.78, 5) is 11.8. The Morgan fingerprint density at radius 2 is 1.82 bits per heavy atom. The lowest BCUT2D eigenvalue weighted by Crippen LogP contribution is -2.14. The second-order valence-corrected chi connectivity index (χ2v) is 4.61. The fourth-order valence-electron chi connectivity index (χ4n) is 1.87. The molecule has 0 aliphatic carbocycles. The molecule has 3 nitrogen and oxygen atoms in total. The van der Waals surface area contributed by atoms with Crippen molar-refractivity contribution >= 4 is 11.6 Å². The summed E-state index contributed by atoms with van der Waals surface area (Å²) in [5, 5.41) is 11.4. The van der Waals surface area contributed by atoms with Gasteiger partial charge in [0, 0.05) is 5.69 Å². The molecule has 0 fully saturated rings. The third kappa shape index (κ3) is 4.09. The Balaban J connectivity index is 2.01. The van der Waals surface area contributed by atoms with Crippen LogP contribution in [0, 0.1) is 11.3 Å². The monoisotopic (exact) mass is 304 g/mol. The normalized spacial score (nSPS) is 10.8. The molecule has 2 rings (SSSR count). The summed E-state index contributed by atoms with van der Waals surface area (Å²) in [5.74, 6) is -0.366. The average molecular weight is 304 g/mol. The van der Waals surface area contributed by atoms with Crippen LogP contribution in [0.3, 0.4) is 0 Å². The maximum Gasteiger partial charge on any atom is 0.416 e. The number of rotatable bonds is 3. The number of carbonyl (C=O) groups excluding carboxylic acids is 1. The zero-order valence-electron chi connectivity index (χ0n) is 11.3. The predicted octanol–water partition coefficient (Wildman–Crippen LogP) is 3.76. The fraction of sp³-hybridized carbons (Fsp3) is 0.125. The molecule has 0 aromatic heterocycles. The molecule has 0 heterocycles. The van der Waals surface area contributed by atoms with Crippen LogP contribution in [-0.2, 0) is 17.4 Å². The Morgan fingerprint density at radius 3 is 2.41 bits per heavy atom. The summed E-state index contributed by atoms with van der Waals surface area (Å²) < 4.78 is 37.3. The van der Waals surface area contributed by atoms with Crippen LogP contribution in [-0.4, -0.2) is 5.91 Å². The van der Waals surface area contributed by atoms with Crippen molar-refractivity contribution in [3.8, 4) is 6.07 Å². The summed E-state index contributed by atoms with van der Waals surface area (Å²) in [6.07, 6.45) is -4.44. The summed E-state index contributed by atoms with van der Waals surface area (Å²) >= 11 is 0. The van der Waals surface area contributed by atoms with Crippen LogP contribution in [0.15, 0.2) is 48.5 Å².